The van der Waals surface area contributed by atoms with E-state index in [-0.39, 0.29) is 81.7 Å². The van der Waals surface area contributed by atoms with Crippen molar-refractivity contribution in [1.29, 1.82) is 0 Å². The lowest BCUT2D eigenvalue weighted by atomic mass is 9.90. The quantitative estimate of drug-likeness (QED) is 0.0239. The summed E-state index contributed by atoms with van der Waals surface area (Å²) in [6.45, 7) is 7.16. The van der Waals surface area contributed by atoms with Crippen molar-refractivity contribution in [2.75, 3.05) is 26.7 Å². The van der Waals surface area contributed by atoms with Gasteiger partial charge in [0.25, 0.3) is 5.91 Å². The number of unbranched alkanes of at least 4 members (excludes halogenated alkanes) is 7. The van der Waals surface area contributed by atoms with Crippen LogP contribution in [0.5, 0.6) is 5.75 Å². The van der Waals surface area contributed by atoms with Gasteiger partial charge in [-0.2, -0.15) is 13.2 Å². The Bertz CT molecular complexity index is 3370. The second-order valence-corrected chi connectivity index (χ2v) is 21.8. The first-order chi connectivity index (χ1) is 40.5. The minimum absolute atomic E-state index is 0.0255. The van der Waals surface area contributed by atoms with Crippen LogP contribution < -0.4 is 26.7 Å². The number of hydrogen-bond acceptors (Lipinski definition) is 13. The van der Waals surface area contributed by atoms with Gasteiger partial charge < -0.3 is 50.8 Å². The van der Waals surface area contributed by atoms with Crippen LogP contribution in [-0.2, 0) is 30.5 Å². The number of aromatic carboxylic acids is 1. The summed E-state index contributed by atoms with van der Waals surface area (Å²) in [5, 5.41) is 48.9. The maximum atomic E-state index is 14.5. The van der Waals surface area contributed by atoms with E-state index in [9.17, 15) is 56.9 Å². The van der Waals surface area contributed by atoms with Crippen molar-refractivity contribution in [3.05, 3.63) is 124 Å². The number of carbonyl (C=O) groups is 7. The van der Waals surface area contributed by atoms with Gasteiger partial charge in [-0.05, 0) is 99.5 Å². The molecule has 4 heterocycles. The number of aliphatic carboxylic acids is 1. The molecule has 0 bridgehead atoms. The minimum atomic E-state index is -5.08. The third-order valence-corrected chi connectivity index (χ3v) is 15.1. The number of nitrogens with one attached hydrogen (secondary N) is 4. The van der Waals surface area contributed by atoms with E-state index in [0.717, 1.165) is 56.9 Å². The normalized spacial score (nSPS) is 16.8. The van der Waals surface area contributed by atoms with Crippen LogP contribution in [-0.4, -0.2) is 139 Å². The number of nitrogens with zero attached hydrogens (tertiary/aromatic N) is 5. The summed E-state index contributed by atoms with van der Waals surface area (Å²) in [7, 11) is 1.66. The maximum absolute atomic E-state index is 14.5. The van der Waals surface area contributed by atoms with Crippen LogP contribution in [0.25, 0.3) is 33.4 Å². The molecular weight excluding hydrogens is 1110 g/mol. The number of likely N-dealkylation sites (N-methyl/N-ethyl adjacent to an activating group) is 1. The molecule has 85 heavy (non-hydrogen) atoms. The van der Waals surface area contributed by atoms with Gasteiger partial charge in [-0.3, -0.25) is 33.4 Å². The molecule has 24 heteroatoms. The highest BCUT2D eigenvalue weighted by molar-refractivity contribution is 6.09. The first-order valence-corrected chi connectivity index (χ1v) is 28.5. The number of aromatic hydroxyl groups is 1. The number of aromatic nitrogens is 3. The summed E-state index contributed by atoms with van der Waals surface area (Å²) in [6.07, 6.45) is 6.35. The monoisotopic (exact) mass is 1180 g/mol. The summed E-state index contributed by atoms with van der Waals surface area (Å²) < 4.78 is 39.4. The Balaban J connectivity index is 0.00000139. The first-order valence-electron chi connectivity index (χ1n) is 28.5. The van der Waals surface area contributed by atoms with Crippen molar-refractivity contribution in [3.63, 3.8) is 0 Å². The molecule has 0 saturated carbocycles. The Labute approximate surface area is 488 Å². The highest BCUT2D eigenvalue weighted by Gasteiger charge is 2.46. The van der Waals surface area contributed by atoms with Crippen LogP contribution in [0.3, 0.4) is 0 Å². The summed E-state index contributed by atoms with van der Waals surface area (Å²) in [6, 6.07) is 19.5. The zero-order valence-electron chi connectivity index (χ0n) is 47.8. The summed E-state index contributed by atoms with van der Waals surface area (Å²) in [5.74, 6) is -5.18. The van der Waals surface area contributed by atoms with Gasteiger partial charge in [0.15, 0.2) is 5.43 Å². The first kappa shape index (κ1) is 63.9. The number of phenolic OH excluding ortho intramolecular Hbond substituents is 1. The summed E-state index contributed by atoms with van der Waals surface area (Å²) >= 11 is 0. The number of fused-ring (bicyclic) bond motifs is 3. The van der Waals surface area contributed by atoms with E-state index in [1.807, 2.05) is 50.4 Å². The highest BCUT2D eigenvalue weighted by Crippen LogP contribution is 2.42. The molecule has 0 radical (unpaired) electrons. The van der Waals surface area contributed by atoms with Crippen molar-refractivity contribution >= 4 is 52.4 Å². The molecule has 5 amide bonds. The average molecular weight is 1180 g/mol. The molecule has 4 aliphatic rings. The van der Waals surface area contributed by atoms with Crippen molar-refractivity contribution in [1.82, 2.24) is 46.1 Å². The topological polar surface area (TPSA) is 296 Å². The molecular formula is C61H72F3N9O12. The lowest BCUT2D eigenvalue weighted by Crippen LogP contribution is -2.62. The molecule has 1 aromatic heterocycles. The SMILES string of the molecule is CN[C@@H](C)C(=O)N[C@H]1CN(C(=O)CC(C)C)CC[C@H]2CC[C@@H](C(=O)N[C@@H](c3ccccc3)c3cn(CCCCCCCCCCNC(=O)c4ccc(-c5c6ccc(=O)cc-6oc6cc(O)ccc56)c(C(=O)O)c4)nn3)N2C1=O.O=C(O)C(F)(F)F. The number of benzene rings is 4. The molecule has 2 fully saturated rings. The Morgan fingerprint density at radius 2 is 1.49 bits per heavy atom. The number of halogens is 3. The van der Waals surface area contributed by atoms with E-state index in [0.29, 0.717) is 73.1 Å². The van der Waals surface area contributed by atoms with Gasteiger partial charge in [0.1, 0.15) is 34.9 Å². The van der Waals surface area contributed by atoms with Crippen LogP contribution in [0.2, 0.25) is 0 Å². The second-order valence-electron chi connectivity index (χ2n) is 21.8. The number of phenols is 1. The van der Waals surface area contributed by atoms with Gasteiger partial charge in [-0.1, -0.05) is 94.0 Å². The van der Waals surface area contributed by atoms with E-state index in [2.05, 4.69) is 31.6 Å². The van der Waals surface area contributed by atoms with E-state index in [4.69, 9.17) is 14.3 Å². The third-order valence-electron chi connectivity index (χ3n) is 15.1. The average Bonchev–Trinajstić information content (AvgIpc) is 3.67. The van der Waals surface area contributed by atoms with Crippen LogP contribution in [0.1, 0.15) is 136 Å². The molecule has 1 aliphatic carbocycles. The van der Waals surface area contributed by atoms with Gasteiger partial charge in [-0.15, -0.1) is 5.10 Å². The molecule has 5 atom stereocenters. The van der Waals surface area contributed by atoms with Crippen molar-refractivity contribution in [2.24, 2.45) is 5.92 Å². The fourth-order valence-corrected chi connectivity index (χ4v) is 10.6. The summed E-state index contributed by atoms with van der Waals surface area (Å²) in [4.78, 5) is 106. The van der Waals surface area contributed by atoms with E-state index in [1.165, 1.54) is 30.3 Å². The number of aryl methyl sites for hydroxylation is 1. The molecule has 3 aromatic carbocycles. The zero-order chi connectivity index (χ0) is 61.5. The summed E-state index contributed by atoms with van der Waals surface area (Å²) in [5.41, 5.74) is 2.85. The fraction of sp³-hybridized carbons (Fsp3) is 0.443. The lowest BCUT2D eigenvalue weighted by molar-refractivity contribution is -0.192. The second kappa shape index (κ2) is 29.2. The predicted molar refractivity (Wildman–Crippen MR) is 307 cm³/mol. The molecule has 4 aromatic rings. The molecule has 3 aliphatic heterocycles. The minimum Gasteiger partial charge on any atom is -0.508 e. The van der Waals surface area contributed by atoms with Crippen LogP contribution in [0.15, 0.2) is 100 Å². The molecule has 8 rings (SSSR count). The number of amides is 5. The molecule has 454 valence electrons. The predicted octanol–water partition coefficient (Wildman–Crippen LogP) is 7.68. The molecule has 21 nitrogen and oxygen atoms in total. The molecule has 7 N–H and O–H groups in total. The zero-order valence-corrected chi connectivity index (χ0v) is 47.8. The number of alkyl halides is 3. The van der Waals surface area contributed by atoms with E-state index >= 15 is 0 Å². The Hall–Kier alpha value is -8.67. The van der Waals surface area contributed by atoms with Gasteiger partial charge in [0.2, 0.25) is 23.6 Å². The van der Waals surface area contributed by atoms with Gasteiger partial charge >= 0.3 is 18.1 Å². The lowest BCUT2D eigenvalue weighted by Gasteiger charge is -2.39. The van der Waals surface area contributed by atoms with E-state index < -0.39 is 42.3 Å². The Morgan fingerprint density at radius 3 is 2.16 bits per heavy atom. The standard InChI is InChI=1S/C59H71N9O10.C2HF3O2/c1-36(2)30-52(71)66-29-26-40-19-25-49(68(40)58(75)48(34-66)62-55(72)37(3)60-4)57(74)63-54(38-16-12-11-13-17-38)47-35-67(65-64-47)28-15-10-8-6-5-7-9-14-27-61-56(73)39-18-22-43(46(31-39)59(76)77)53-44-23-20-41(69)32-50(44)78-51-33-42(70)21-24-45(51)53;3-2(4,5)1(6)7/h11-13,16-18,20-24,31-33,35-37,40,48-49,54,60,69H,5-10,14-15,19,25-30,34H2,1-4H3,(H,61,73)(H,62,72)(H,63,74)(H,76,77);(H,6,7)/t37-,40+,48-,49-,54-;/m0./s1. The van der Waals surface area contributed by atoms with Crippen LogP contribution in [0, 0.1) is 5.92 Å². The van der Waals surface area contributed by atoms with E-state index in [1.54, 1.807) is 52.7 Å². The van der Waals surface area contributed by atoms with Crippen LogP contribution >= 0.6 is 0 Å². The number of carboxylic acids is 2. The van der Waals surface area contributed by atoms with Gasteiger partial charge in [0.05, 0.1) is 23.8 Å². The Morgan fingerprint density at radius 1 is 0.812 bits per heavy atom. The number of carboxylic acid groups (broad SMARTS) is 2. The number of hydrogen-bond donors (Lipinski definition) is 7. The van der Waals surface area contributed by atoms with Gasteiger partial charge in [-0.25, -0.2) is 9.59 Å². The highest BCUT2D eigenvalue weighted by atomic mass is 19.4. The van der Waals surface area contributed by atoms with Crippen molar-refractivity contribution in [3.8, 4) is 28.2 Å². The fourth-order valence-electron chi connectivity index (χ4n) is 10.6. The Kier molecular flexibility index (Phi) is 22.0. The molecule has 2 saturated heterocycles. The molecule has 0 spiro atoms. The smallest absolute Gasteiger partial charge is 0.490 e. The number of rotatable bonds is 23. The molecule has 0 unspecified atom stereocenters. The third kappa shape index (κ3) is 16.8. The van der Waals surface area contributed by atoms with Crippen molar-refractivity contribution in [2.45, 2.75) is 141 Å². The maximum Gasteiger partial charge on any atom is 0.490 e. The number of carbonyl (C=O) groups excluding carboxylic acids is 5. The van der Waals surface area contributed by atoms with Crippen molar-refractivity contribution < 1.29 is 66.5 Å². The van der Waals surface area contributed by atoms with Gasteiger partial charge in [0, 0.05) is 72.9 Å². The largest absolute Gasteiger partial charge is 0.508 e. The van der Waals surface area contributed by atoms with Crippen LogP contribution in [0.4, 0.5) is 13.2 Å².